The summed E-state index contributed by atoms with van der Waals surface area (Å²) in [6.07, 6.45) is 4.67. The van der Waals surface area contributed by atoms with E-state index in [1.807, 2.05) is 24.3 Å². The Morgan fingerprint density at radius 1 is 1.28 bits per heavy atom. The van der Waals surface area contributed by atoms with Gasteiger partial charge in [0.1, 0.15) is 0 Å². The SMILES string of the molecule is CN1CCC[C@@H](CNC(=O)c2ccc(-c3noc(C4CC4)n3)cc2)C1. The molecule has 132 valence electrons. The van der Waals surface area contributed by atoms with Crippen LogP contribution >= 0.6 is 0 Å². The van der Waals surface area contributed by atoms with Crippen molar-refractivity contribution in [3.05, 3.63) is 35.7 Å². The zero-order valence-corrected chi connectivity index (χ0v) is 14.6. The Hall–Kier alpha value is -2.21. The van der Waals surface area contributed by atoms with Crippen molar-refractivity contribution in [1.29, 1.82) is 0 Å². The van der Waals surface area contributed by atoms with Gasteiger partial charge in [0, 0.05) is 30.1 Å². The van der Waals surface area contributed by atoms with Crippen LogP contribution in [0.4, 0.5) is 0 Å². The Morgan fingerprint density at radius 3 is 2.80 bits per heavy atom. The molecule has 1 aromatic carbocycles. The fourth-order valence-corrected chi connectivity index (χ4v) is 3.40. The number of carbonyl (C=O) groups is 1. The minimum absolute atomic E-state index is 0.0217. The molecule has 0 unspecified atom stereocenters. The highest BCUT2D eigenvalue weighted by molar-refractivity contribution is 5.94. The molecule has 1 atom stereocenters. The number of nitrogens with one attached hydrogen (secondary N) is 1. The average Bonchev–Trinajstić information content (AvgIpc) is 3.37. The van der Waals surface area contributed by atoms with E-state index in [0.29, 0.717) is 23.2 Å². The molecule has 1 aromatic heterocycles. The first-order valence-electron chi connectivity index (χ1n) is 9.10. The molecule has 1 saturated carbocycles. The minimum Gasteiger partial charge on any atom is -0.352 e. The van der Waals surface area contributed by atoms with E-state index in [-0.39, 0.29) is 5.91 Å². The van der Waals surface area contributed by atoms with E-state index in [1.54, 1.807) is 0 Å². The molecular weight excluding hydrogens is 316 g/mol. The summed E-state index contributed by atoms with van der Waals surface area (Å²) in [5.74, 6) is 2.30. The fourth-order valence-electron chi connectivity index (χ4n) is 3.40. The van der Waals surface area contributed by atoms with Crippen molar-refractivity contribution < 1.29 is 9.32 Å². The number of aromatic nitrogens is 2. The van der Waals surface area contributed by atoms with Gasteiger partial charge in [-0.25, -0.2) is 0 Å². The highest BCUT2D eigenvalue weighted by atomic mass is 16.5. The highest BCUT2D eigenvalue weighted by Gasteiger charge is 2.29. The number of likely N-dealkylation sites (tertiary alicyclic amines) is 1. The van der Waals surface area contributed by atoms with Crippen LogP contribution in [0.1, 0.15) is 47.8 Å². The maximum Gasteiger partial charge on any atom is 0.251 e. The lowest BCUT2D eigenvalue weighted by Crippen LogP contribution is -2.39. The van der Waals surface area contributed by atoms with Crippen molar-refractivity contribution in [3.63, 3.8) is 0 Å². The van der Waals surface area contributed by atoms with Gasteiger partial charge in [0.15, 0.2) is 0 Å². The normalized spacial score (nSPS) is 21.2. The smallest absolute Gasteiger partial charge is 0.251 e. The molecule has 1 N–H and O–H groups in total. The van der Waals surface area contributed by atoms with Gasteiger partial charge in [0.2, 0.25) is 11.7 Å². The molecule has 1 aliphatic heterocycles. The van der Waals surface area contributed by atoms with Crippen molar-refractivity contribution in [2.45, 2.75) is 31.6 Å². The van der Waals surface area contributed by atoms with Gasteiger partial charge in [-0.1, -0.05) is 17.3 Å². The zero-order valence-electron chi connectivity index (χ0n) is 14.6. The largest absolute Gasteiger partial charge is 0.352 e. The van der Waals surface area contributed by atoms with Crippen LogP contribution in [0.2, 0.25) is 0 Å². The summed E-state index contributed by atoms with van der Waals surface area (Å²) in [6, 6.07) is 7.41. The van der Waals surface area contributed by atoms with Crippen molar-refractivity contribution >= 4 is 5.91 Å². The molecule has 1 saturated heterocycles. The predicted octanol–water partition coefficient (Wildman–Crippen LogP) is 2.69. The first-order chi connectivity index (χ1) is 12.2. The maximum atomic E-state index is 12.3. The molecule has 0 bridgehead atoms. The minimum atomic E-state index is -0.0217. The van der Waals surface area contributed by atoms with Crippen molar-refractivity contribution in [3.8, 4) is 11.4 Å². The monoisotopic (exact) mass is 340 g/mol. The summed E-state index contributed by atoms with van der Waals surface area (Å²) in [6.45, 7) is 2.95. The quantitative estimate of drug-likeness (QED) is 0.906. The molecular formula is C19H24N4O2. The topological polar surface area (TPSA) is 71.3 Å². The lowest BCUT2D eigenvalue weighted by Gasteiger charge is -2.29. The molecule has 0 radical (unpaired) electrons. The van der Waals surface area contributed by atoms with E-state index < -0.39 is 0 Å². The summed E-state index contributed by atoms with van der Waals surface area (Å²) in [4.78, 5) is 19.1. The highest BCUT2D eigenvalue weighted by Crippen LogP contribution is 2.39. The summed E-state index contributed by atoms with van der Waals surface area (Å²) < 4.78 is 5.29. The van der Waals surface area contributed by atoms with Crippen molar-refractivity contribution in [2.24, 2.45) is 5.92 Å². The molecule has 2 aromatic rings. The average molecular weight is 340 g/mol. The third-order valence-corrected chi connectivity index (χ3v) is 5.05. The molecule has 4 rings (SSSR count). The van der Waals surface area contributed by atoms with Gasteiger partial charge in [-0.15, -0.1) is 0 Å². The molecule has 1 amide bonds. The zero-order chi connectivity index (χ0) is 17.2. The van der Waals surface area contributed by atoms with Gasteiger partial charge in [-0.3, -0.25) is 4.79 Å². The van der Waals surface area contributed by atoms with Gasteiger partial charge in [-0.2, -0.15) is 4.98 Å². The van der Waals surface area contributed by atoms with Crippen LogP contribution in [-0.4, -0.2) is 47.6 Å². The molecule has 25 heavy (non-hydrogen) atoms. The van der Waals surface area contributed by atoms with Crippen LogP contribution in [0, 0.1) is 5.92 Å². The summed E-state index contributed by atoms with van der Waals surface area (Å²) in [5, 5.41) is 7.10. The Kier molecular flexibility index (Phi) is 4.53. The van der Waals surface area contributed by atoms with E-state index in [2.05, 4.69) is 27.4 Å². The number of piperidine rings is 1. The van der Waals surface area contributed by atoms with E-state index in [1.165, 1.54) is 12.8 Å². The van der Waals surface area contributed by atoms with E-state index in [9.17, 15) is 4.79 Å². The van der Waals surface area contributed by atoms with Crippen LogP contribution < -0.4 is 5.32 Å². The van der Waals surface area contributed by atoms with Crippen LogP contribution in [-0.2, 0) is 0 Å². The molecule has 6 nitrogen and oxygen atoms in total. The van der Waals surface area contributed by atoms with Gasteiger partial charge < -0.3 is 14.7 Å². The number of amides is 1. The lowest BCUT2D eigenvalue weighted by molar-refractivity contribution is 0.0937. The Morgan fingerprint density at radius 2 is 2.08 bits per heavy atom. The van der Waals surface area contributed by atoms with Gasteiger partial charge in [-0.05, 0) is 57.3 Å². The van der Waals surface area contributed by atoms with Gasteiger partial charge in [0.25, 0.3) is 5.91 Å². The number of nitrogens with zero attached hydrogens (tertiary/aromatic N) is 3. The van der Waals surface area contributed by atoms with Crippen molar-refractivity contribution in [1.82, 2.24) is 20.4 Å². The molecule has 2 aliphatic rings. The van der Waals surface area contributed by atoms with Crippen LogP contribution in [0.5, 0.6) is 0 Å². The van der Waals surface area contributed by atoms with E-state index >= 15 is 0 Å². The van der Waals surface area contributed by atoms with Gasteiger partial charge in [0.05, 0.1) is 0 Å². The first kappa shape index (κ1) is 16.3. The Balaban J connectivity index is 1.35. The number of carbonyl (C=O) groups excluding carboxylic acids is 1. The van der Waals surface area contributed by atoms with E-state index in [4.69, 9.17) is 4.52 Å². The summed E-state index contributed by atoms with van der Waals surface area (Å²) in [7, 11) is 2.14. The van der Waals surface area contributed by atoms with Crippen LogP contribution in [0.15, 0.2) is 28.8 Å². The number of benzene rings is 1. The number of rotatable bonds is 5. The third-order valence-electron chi connectivity index (χ3n) is 5.05. The molecule has 0 spiro atoms. The maximum absolute atomic E-state index is 12.3. The van der Waals surface area contributed by atoms with Crippen LogP contribution in [0.25, 0.3) is 11.4 Å². The first-order valence-corrected chi connectivity index (χ1v) is 9.10. The molecule has 1 aliphatic carbocycles. The second-order valence-electron chi connectivity index (χ2n) is 7.29. The standard InChI is InChI=1S/C19H24N4O2/c1-23-10-2-3-13(12-23)11-20-18(24)15-6-4-14(5-7-15)17-21-19(25-22-17)16-8-9-16/h4-7,13,16H,2-3,8-12H2,1H3,(H,20,24)/t13-/m0/s1. The third kappa shape index (κ3) is 3.90. The second kappa shape index (κ2) is 6.96. The predicted molar refractivity (Wildman–Crippen MR) is 94.3 cm³/mol. The fraction of sp³-hybridized carbons (Fsp3) is 0.526. The van der Waals surface area contributed by atoms with Gasteiger partial charge >= 0.3 is 0 Å². The van der Waals surface area contributed by atoms with E-state index in [0.717, 1.165) is 43.9 Å². The summed E-state index contributed by atoms with van der Waals surface area (Å²) in [5.41, 5.74) is 1.54. The molecule has 2 fully saturated rings. The Bertz CT molecular complexity index is 736. The lowest BCUT2D eigenvalue weighted by atomic mass is 9.98. The summed E-state index contributed by atoms with van der Waals surface area (Å²) >= 11 is 0. The van der Waals surface area contributed by atoms with Crippen molar-refractivity contribution in [2.75, 3.05) is 26.7 Å². The Labute approximate surface area is 147 Å². The number of hydrogen-bond acceptors (Lipinski definition) is 5. The molecule has 2 heterocycles. The molecule has 6 heteroatoms. The van der Waals surface area contributed by atoms with Crippen LogP contribution in [0.3, 0.4) is 0 Å². The number of hydrogen-bond donors (Lipinski definition) is 1. The second-order valence-corrected chi connectivity index (χ2v) is 7.29.